The number of guanidine groups is 1. The zero-order valence-electron chi connectivity index (χ0n) is 18.5. The number of hydrogen-bond donors (Lipinski definition) is 0. The molecule has 9 nitrogen and oxygen atoms in total. The number of urea groups is 1. The van der Waals surface area contributed by atoms with Gasteiger partial charge in [0.2, 0.25) is 11.9 Å². The Morgan fingerprint density at radius 2 is 1.81 bits per heavy atom. The Bertz CT molecular complexity index is 890. The van der Waals surface area contributed by atoms with E-state index >= 15 is 0 Å². The summed E-state index contributed by atoms with van der Waals surface area (Å²) in [6.45, 7) is 7.99. The van der Waals surface area contributed by atoms with Crippen LogP contribution in [-0.2, 0) is 4.79 Å². The number of hydrogen-bond acceptors (Lipinski definition) is 4. The summed E-state index contributed by atoms with van der Waals surface area (Å²) in [4.78, 5) is 37.4. The Labute approximate surface area is 183 Å². The van der Waals surface area contributed by atoms with Gasteiger partial charge in [-0.3, -0.25) is 24.1 Å². The van der Waals surface area contributed by atoms with Crippen LogP contribution < -0.4 is 4.74 Å². The van der Waals surface area contributed by atoms with Crippen molar-refractivity contribution in [3.05, 3.63) is 30.3 Å². The van der Waals surface area contributed by atoms with E-state index in [0.717, 1.165) is 50.9 Å². The minimum atomic E-state index is -0.566. The van der Waals surface area contributed by atoms with E-state index in [1.165, 1.54) is 16.8 Å². The molecule has 4 rings (SSSR count). The standard InChI is InChI=1S/C22H31N6O3/c1-4-26-12-14-27(15-13-26)21-23-19-18(20(29)25(3)22(30)24(19)2)28(21)11-8-16-31-17-9-6-5-7-10-17/h5-7,9-10,18H,4,8,11-16H2,1-3H3/q+1. The number of imide groups is 1. The molecule has 2 saturated heterocycles. The Morgan fingerprint density at radius 3 is 2.48 bits per heavy atom. The van der Waals surface area contributed by atoms with E-state index in [1.807, 2.05) is 35.2 Å². The van der Waals surface area contributed by atoms with Crippen molar-refractivity contribution in [2.24, 2.45) is 4.99 Å². The molecular formula is C22H31N6O3+. The number of piperazine rings is 1. The van der Waals surface area contributed by atoms with Crippen molar-refractivity contribution in [1.29, 1.82) is 0 Å². The first-order chi connectivity index (χ1) is 15.0. The molecule has 0 bridgehead atoms. The maximum absolute atomic E-state index is 13.0. The summed E-state index contributed by atoms with van der Waals surface area (Å²) in [7, 11) is 3.22. The first-order valence-corrected chi connectivity index (χ1v) is 10.9. The molecule has 2 fully saturated rings. The number of likely N-dealkylation sites (N-methyl/N-ethyl adjacent to an activating group) is 3. The highest BCUT2D eigenvalue weighted by atomic mass is 16.5. The number of fused-ring (bicyclic) bond motifs is 1. The number of aliphatic imine (C=N–C) groups is 1. The Hall–Kier alpha value is -2.94. The lowest BCUT2D eigenvalue weighted by Gasteiger charge is -2.33. The van der Waals surface area contributed by atoms with E-state index in [4.69, 9.17) is 9.73 Å². The van der Waals surface area contributed by atoms with Crippen LogP contribution in [0.1, 0.15) is 13.3 Å². The van der Waals surface area contributed by atoms with Gasteiger partial charge in [0.1, 0.15) is 5.75 Å². The quantitative estimate of drug-likeness (QED) is 0.495. The summed E-state index contributed by atoms with van der Waals surface area (Å²) in [5, 5.41) is 0. The van der Waals surface area contributed by atoms with Crippen molar-refractivity contribution in [1.82, 2.24) is 19.6 Å². The van der Waals surface area contributed by atoms with Crippen LogP contribution in [0.5, 0.6) is 5.75 Å². The third-order valence-electron chi connectivity index (χ3n) is 6.17. The smallest absolute Gasteiger partial charge is 0.392 e. The predicted molar refractivity (Wildman–Crippen MR) is 118 cm³/mol. The van der Waals surface area contributed by atoms with Gasteiger partial charge in [-0.1, -0.05) is 30.1 Å². The topological polar surface area (TPSA) is 71.7 Å². The number of nitrogens with zero attached hydrogens (tertiary/aromatic N) is 6. The van der Waals surface area contributed by atoms with Gasteiger partial charge < -0.3 is 4.74 Å². The molecule has 0 saturated carbocycles. The number of para-hydroxylation sites is 1. The Morgan fingerprint density at radius 1 is 1.10 bits per heavy atom. The molecule has 3 heterocycles. The maximum Gasteiger partial charge on any atom is 0.392 e. The minimum Gasteiger partial charge on any atom is -0.493 e. The number of ether oxygens (including phenoxy) is 1. The Balaban J connectivity index is 1.54. The second kappa shape index (κ2) is 9.05. The molecule has 0 aliphatic carbocycles. The second-order valence-electron chi connectivity index (χ2n) is 8.04. The minimum absolute atomic E-state index is 0.229. The van der Waals surface area contributed by atoms with Crippen LogP contribution in [0, 0.1) is 0 Å². The summed E-state index contributed by atoms with van der Waals surface area (Å²) >= 11 is 0. The molecule has 0 aromatic heterocycles. The van der Waals surface area contributed by atoms with E-state index < -0.39 is 6.04 Å². The fraction of sp³-hybridized carbons (Fsp3) is 0.545. The zero-order valence-corrected chi connectivity index (χ0v) is 18.5. The first kappa shape index (κ1) is 21.3. The highest BCUT2D eigenvalue weighted by molar-refractivity contribution is 6.25. The lowest BCUT2D eigenvalue weighted by atomic mass is 10.1. The molecule has 0 N–H and O–H groups in total. The molecule has 1 atom stereocenters. The predicted octanol–water partition coefficient (Wildman–Crippen LogP) is 0.766. The first-order valence-electron chi connectivity index (χ1n) is 10.9. The van der Waals surface area contributed by atoms with Crippen molar-refractivity contribution in [2.75, 3.05) is 60.0 Å². The van der Waals surface area contributed by atoms with E-state index in [9.17, 15) is 9.59 Å². The molecule has 9 heteroatoms. The summed E-state index contributed by atoms with van der Waals surface area (Å²) in [6.07, 6.45) is 0.737. The summed E-state index contributed by atoms with van der Waals surface area (Å²) < 4.78 is 8.08. The number of amidine groups is 1. The van der Waals surface area contributed by atoms with Crippen LogP contribution in [-0.4, -0.2) is 114 Å². The molecule has 1 aromatic rings. The second-order valence-corrected chi connectivity index (χ2v) is 8.04. The summed E-state index contributed by atoms with van der Waals surface area (Å²) in [6, 6.07) is 8.80. The molecule has 166 valence electrons. The number of amides is 3. The van der Waals surface area contributed by atoms with Crippen molar-refractivity contribution in [3.8, 4) is 5.75 Å². The van der Waals surface area contributed by atoms with Crippen molar-refractivity contribution in [3.63, 3.8) is 0 Å². The third kappa shape index (κ3) is 4.14. The van der Waals surface area contributed by atoms with E-state index in [2.05, 4.69) is 16.4 Å². The zero-order chi connectivity index (χ0) is 22.0. The number of carbonyl (C=O) groups excluding carboxylic acids is 2. The van der Waals surface area contributed by atoms with Crippen LogP contribution in [0.3, 0.4) is 0 Å². The van der Waals surface area contributed by atoms with Crippen LogP contribution in [0.2, 0.25) is 0 Å². The molecule has 0 radical (unpaired) electrons. The van der Waals surface area contributed by atoms with Crippen LogP contribution in [0.25, 0.3) is 0 Å². The lowest BCUT2D eigenvalue weighted by molar-refractivity contribution is -0.544. The van der Waals surface area contributed by atoms with Crippen molar-refractivity contribution in [2.45, 2.75) is 19.4 Å². The van der Waals surface area contributed by atoms with Gasteiger partial charge in [0.25, 0.3) is 5.91 Å². The molecular weight excluding hydrogens is 396 g/mol. The molecule has 0 spiro atoms. The molecule has 3 aliphatic heterocycles. The number of rotatable bonds is 6. The van der Waals surface area contributed by atoms with Crippen LogP contribution in [0.15, 0.2) is 35.3 Å². The fourth-order valence-electron chi connectivity index (χ4n) is 4.27. The average Bonchev–Trinajstić information content (AvgIpc) is 3.19. The normalized spacial score (nSPS) is 22.2. The van der Waals surface area contributed by atoms with Crippen LogP contribution >= 0.6 is 0 Å². The number of benzene rings is 1. The third-order valence-corrected chi connectivity index (χ3v) is 6.17. The van der Waals surface area contributed by atoms with Gasteiger partial charge in [-0.2, -0.15) is 0 Å². The maximum atomic E-state index is 13.0. The van der Waals surface area contributed by atoms with Gasteiger partial charge in [-0.25, -0.2) is 9.69 Å². The fourth-order valence-corrected chi connectivity index (χ4v) is 4.27. The van der Waals surface area contributed by atoms with Crippen LogP contribution in [0.4, 0.5) is 4.79 Å². The van der Waals surface area contributed by atoms with Gasteiger partial charge in [0.05, 0.1) is 26.2 Å². The lowest BCUT2D eigenvalue weighted by Crippen LogP contribution is -2.63. The van der Waals surface area contributed by atoms with Gasteiger partial charge in [-0.05, 0) is 18.7 Å². The number of carbonyl (C=O) groups is 2. The summed E-state index contributed by atoms with van der Waals surface area (Å²) in [5.41, 5.74) is 0. The Kier molecular flexibility index (Phi) is 6.22. The van der Waals surface area contributed by atoms with Gasteiger partial charge in [-0.15, -0.1) is 0 Å². The largest absolute Gasteiger partial charge is 0.493 e. The van der Waals surface area contributed by atoms with Gasteiger partial charge in [0.15, 0.2) is 0 Å². The van der Waals surface area contributed by atoms with Gasteiger partial charge in [0, 0.05) is 33.6 Å². The molecule has 3 aliphatic rings. The summed E-state index contributed by atoms with van der Waals surface area (Å²) in [5.74, 6) is 1.91. The average molecular weight is 428 g/mol. The molecule has 1 aromatic carbocycles. The van der Waals surface area contributed by atoms with E-state index in [-0.39, 0.29) is 11.9 Å². The van der Waals surface area contributed by atoms with Crippen molar-refractivity contribution < 1.29 is 18.9 Å². The van der Waals surface area contributed by atoms with Crippen molar-refractivity contribution >= 4 is 23.7 Å². The molecule has 1 unspecified atom stereocenters. The molecule has 31 heavy (non-hydrogen) atoms. The highest BCUT2D eigenvalue weighted by Crippen LogP contribution is 2.23. The van der Waals surface area contributed by atoms with E-state index in [1.54, 1.807) is 7.05 Å². The highest BCUT2D eigenvalue weighted by Gasteiger charge is 2.55. The SMILES string of the molecule is CCN1CC[N+](=C2N=C3C(C(=O)N(C)C(=O)N3C)N2CCCOc2ccccc2)CC1. The van der Waals surface area contributed by atoms with E-state index in [0.29, 0.717) is 19.0 Å². The molecule has 3 amide bonds. The van der Waals surface area contributed by atoms with Gasteiger partial charge >= 0.3 is 12.0 Å². The monoisotopic (exact) mass is 427 g/mol.